The van der Waals surface area contributed by atoms with Crippen molar-refractivity contribution in [3.63, 3.8) is 0 Å². The van der Waals surface area contributed by atoms with Crippen LogP contribution >= 0.6 is 34.2 Å². The van der Waals surface area contributed by atoms with Gasteiger partial charge in [-0.2, -0.15) is 0 Å². The molecule has 0 amide bonds. The molecule has 0 bridgehead atoms. The lowest BCUT2D eigenvalue weighted by Gasteiger charge is -1.88. The topological polar surface area (TPSA) is 0 Å². The second-order valence-corrected chi connectivity index (χ2v) is 2.82. The van der Waals surface area contributed by atoms with Crippen molar-refractivity contribution in [1.82, 2.24) is 0 Å². The Kier molecular flexibility index (Phi) is 2.14. The Labute approximate surface area is 67.0 Å². The van der Waals surface area contributed by atoms with E-state index in [-0.39, 0.29) is 0 Å². The molecule has 1 aromatic rings. The molecule has 1 radical (unpaired) electrons. The SMILES string of the molecule is Clc1ccc[c]c1I. The standard InChI is InChI=1S/C6H3ClI/c7-5-3-1-2-4-6(5)8/h1-3H. The summed E-state index contributed by atoms with van der Waals surface area (Å²) in [6.07, 6.45) is 0. The van der Waals surface area contributed by atoms with E-state index < -0.39 is 0 Å². The summed E-state index contributed by atoms with van der Waals surface area (Å²) in [5.74, 6) is 0. The van der Waals surface area contributed by atoms with E-state index >= 15 is 0 Å². The lowest BCUT2D eigenvalue weighted by atomic mass is 10.4. The van der Waals surface area contributed by atoms with Gasteiger partial charge in [0.2, 0.25) is 0 Å². The van der Waals surface area contributed by atoms with Crippen LogP contribution in [0.4, 0.5) is 0 Å². The van der Waals surface area contributed by atoms with Crippen LogP contribution < -0.4 is 0 Å². The lowest BCUT2D eigenvalue weighted by Crippen LogP contribution is -1.68. The van der Waals surface area contributed by atoms with Crippen LogP contribution in [0.25, 0.3) is 0 Å². The molecular formula is C6H3ClI. The first kappa shape index (κ1) is 6.36. The van der Waals surface area contributed by atoms with Crippen LogP contribution in [0.2, 0.25) is 5.02 Å². The Morgan fingerprint density at radius 2 is 2.38 bits per heavy atom. The zero-order valence-corrected chi connectivity index (χ0v) is 6.90. The number of rotatable bonds is 0. The van der Waals surface area contributed by atoms with Crippen molar-refractivity contribution in [2.24, 2.45) is 0 Å². The van der Waals surface area contributed by atoms with Gasteiger partial charge in [0.15, 0.2) is 0 Å². The van der Waals surface area contributed by atoms with Gasteiger partial charge < -0.3 is 0 Å². The summed E-state index contributed by atoms with van der Waals surface area (Å²) in [6, 6.07) is 8.51. The highest BCUT2D eigenvalue weighted by Gasteiger charge is 1.89. The molecule has 0 fully saturated rings. The maximum absolute atomic E-state index is 5.67. The van der Waals surface area contributed by atoms with Gasteiger partial charge in [-0.1, -0.05) is 23.7 Å². The molecule has 0 unspecified atom stereocenters. The smallest absolute Gasteiger partial charge is 0.0545 e. The third-order valence-electron chi connectivity index (χ3n) is 0.759. The van der Waals surface area contributed by atoms with Gasteiger partial charge in [0.1, 0.15) is 0 Å². The minimum Gasteiger partial charge on any atom is -0.0832 e. The van der Waals surface area contributed by atoms with Gasteiger partial charge in [0, 0.05) is 3.57 Å². The third kappa shape index (κ3) is 1.36. The molecule has 0 heterocycles. The van der Waals surface area contributed by atoms with Crippen molar-refractivity contribution in [2.45, 2.75) is 0 Å². The predicted octanol–water partition coefficient (Wildman–Crippen LogP) is 2.74. The van der Waals surface area contributed by atoms with E-state index in [1.54, 1.807) is 0 Å². The maximum Gasteiger partial charge on any atom is 0.0545 e. The molecule has 0 aliphatic carbocycles. The van der Waals surface area contributed by atoms with Gasteiger partial charge in [-0.3, -0.25) is 0 Å². The van der Waals surface area contributed by atoms with Gasteiger partial charge in [-0.25, -0.2) is 0 Å². The zero-order valence-electron chi connectivity index (χ0n) is 3.99. The number of hydrogen-bond acceptors (Lipinski definition) is 0. The van der Waals surface area contributed by atoms with Crippen LogP contribution in [0.3, 0.4) is 0 Å². The summed E-state index contributed by atoms with van der Waals surface area (Å²) in [5.41, 5.74) is 0. The highest BCUT2D eigenvalue weighted by atomic mass is 127. The van der Waals surface area contributed by atoms with Crippen molar-refractivity contribution in [3.8, 4) is 0 Å². The molecule has 0 aromatic heterocycles. The molecule has 0 N–H and O–H groups in total. The van der Waals surface area contributed by atoms with Crippen LogP contribution in [0.1, 0.15) is 0 Å². The van der Waals surface area contributed by atoms with E-state index in [2.05, 4.69) is 28.7 Å². The fourth-order valence-electron chi connectivity index (χ4n) is 0.396. The average molecular weight is 237 g/mol. The fraction of sp³-hybridized carbons (Fsp3) is 0. The van der Waals surface area contributed by atoms with Crippen molar-refractivity contribution in [1.29, 1.82) is 0 Å². The quantitative estimate of drug-likeness (QED) is 0.609. The van der Waals surface area contributed by atoms with Gasteiger partial charge >= 0.3 is 0 Å². The number of hydrogen-bond donors (Lipinski definition) is 0. The molecule has 41 valence electrons. The summed E-state index contributed by atoms with van der Waals surface area (Å²) in [6.45, 7) is 0. The molecule has 1 rings (SSSR count). The second-order valence-electron chi connectivity index (χ2n) is 1.33. The second kappa shape index (κ2) is 2.69. The van der Waals surface area contributed by atoms with E-state index in [1.165, 1.54) is 0 Å². The summed E-state index contributed by atoms with van der Waals surface area (Å²) < 4.78 is 0.978. The van der Waals surface area contributed by atoms with Crippen LogP contribution in [0.5, 0.6) is 0 Å². The van der Waals surface area contributed by atoms with Crippen molar-refractivity contribution in [2.75, 3.05) is 0 Å². The van der Waals surface area contributed by atoms with E-state index in [0.29, 0.717) is 0 Å². The molecule has 0 saturated heterocycles. The molecule has 0 saturated carbocycles. The molecule has 0 aliphatic heterocycles. The summed E-state index contributed by atoms with van der Waals surface area (Å²) in [4.78, 5) is 0. The predicted molar refractivity (Wildman–Crippen MR) is 43.0 cm³/mol. The van der Waals surface area contributed by atoms with Crippen molar-refractivity contribution >= 4 is 34.2 Å². The monoisotopic (exact) mass is 237 g/mol. The van der Waals surface area contributed by atoms with Crippen LogP contribution in [-0.2, 0) is 0 Å². The molecule has 0 aliphatic rings. The normalized spacial score (nSPS) is 9.25. The van der Waals surface area contributed by atoms with Crippen molar-refractivity contribution in [3.05, 3.63) is 32.9 Å². The third-order valence-corrected chi connectivity index (χ3v) is 2.28. The van der Waals surface area contributed by atoms with E-state index in [1.807, 2.05) is 18.2 Å². The molecular weight excluding hydrogens is 234 g/mol. The average Bonchev–Trinajstić information content (AvgIpc) is 1.77. The number of benzene rings is 1. The first-order valence-corrected chi connectivity index (χ1v) is 3.58. The van der Waals surface area contributed by atoms with Gasteiger partial charge in [-0.05, 0) is 34.7 Å². The Bertz CT molecular complexity index is 165. The Balaban J connectivity index is 3.13. The van der Waals surface area contributed by atoms with Gasteiger partial charge in [-0.15, -0.1) is 0 Å². The Hall–Kier alpha value is 0.240. The van der Waals surface area contributed by atoms with Gasteiger partial charge in [0.25, 0.3) is 0 Å². The molecule has 1 aromatic carbocycles. The Morgan fingerprint density at radius 3 is 2.75 bits per heavy atom. The minimum absolute atomic E-state index is 0.771. The molecule has 8 heavy (non-hydrogen) atoms. The van der Waals surface area contributed by atoms with E-state index in [9.17, 15) is 0 Å². The molecule has 0 spiro atoms. The Morgan fingerprint density at radius 1 is 1.62 bits per heavy atom. The highest BCUT2D eigenvalue weighted by molar-refractivity contribution is 14.1. The molecule has 0 atom stereocenters. The molecule has 0 nitrogen and oxygen atoms in total. The summed E-state index contributed by atoms with van der Waals surface area (Å²) >= 11 is 7.81. The first-order chi connectivity index (χ1) is 3.80. The van der Waals surface area contributed by atoms with Gasteiger partial charge in [0.05, 0.1) is 5.02 Å². The lowest BCUT2D eigenvalue weighted by molar-refractivity contribution is 1.63. The van der Waals surface area contributed by atoms with Crippen LogP contribution in [-0.4, -0.2) is 0 Å². The number of halogens is 2. The first-order valence-electron chi connectivity index (χ1n) is 2.12. The largest absolute Gasteiger partial charge is 0.0832 e. The molecule has 2 heteroatoms. The summed E-state index contributed by atoms with van der Waals surface area (Å²) in [7, 11) is 0. The van der Waals surface area contributed by atoms with Crippen LogP contribution in [0.15, 0.2) is 18.2 Å². The maximum atomic E-state index is 5.67. The fourth-order valence-corrected chi connectivity index (χ4v) is 0.883. The van der Waals surface area contributed by atoms with E-state index in [4.69, 9.17) is 11.6 Å². The zero-order chi connectivity index (χ0) is 5.98. The minimum atomic E-state index is 0.771. The van der Waals surface area contributed by atoms with Crippen LogP contribution in [0, 0.1) is 9.64 Å². The van der Waals surface area contributed by atoms with Crippen molar-refractivity contribution < 1.29 is 0 Å². The highest BCUT2D eigenvalue weighted by Crippen LogP contribution is 2.15. The summed E-state index contributed by atoms with van der Waals surface area (Å²) in [5, 5.41) is 0.771. The van der Waals surface area contributed by atoms with E-state index in [0.717, 1.165) is 8.59 Å².